The number of nitrogens with one attached hydrogen (secondary N) is 5. The van der Waals surface area contributed by atoms with Crippen molar-refractivity contribution in [2.75, 3.05) is 11.1 Å². The van der Waals surface area contributed by atoms with Gasteiger partial charge in [-0.1, -0.05) is 0 Å². The third-order valence-electron chi connectivity index (χ3n) is 5.85. The van der Waals surface area contributed by atoms with Crippen LogP contribution in [0.25, 0.3) is 21.1 Å². The Kier molecular flexibility index (Phi) is 19.3. The topological polar surface area (TPSA) is 285 Å². The Balaban J connectivity index is 0.000000310. The largest absolute Gasteiger partial charge is 0.480 e. The molecule has 0 spiro atoms. The molecule has 0 aliphatic carbocycles. The molecule has 0 unspecified atom stereocenters. The fourth-order valence-corrected chi connectivity index (χ4v) is 4.86. The summed E-state index contributed by atoms with van der Waals surface area (Å²) in [6, 6.07) is 5.67. The molecule has 4 aromatic heterocycles. The fraction of sp³-hybridized carbons (Fsp3) is 0.286. The summed E-state index contributed by atoms with van der Waals surface area (Å²) in [5.41, 5.74) is 8.71. The van der Waals surface area contributed by atoms with Crippen molar-refractivity contribution in [1.82, 2.24) is 41.4 Å². The number of pyridine rings is 2. The standard InChI is InChI=1S/C14H17B2N5O4S.C10H13BN4O2S.C4H6BNO3/c1-8(18-14(15)23)12(22)19-11-7-26-13(20-11)9-3-4-10(17-5-9)6-25-21-16(2)24;1-11(16)15-17-5-8-3-2-7(4-13-8)10-14-9(12)6-18-10;1-2(3(7)8)6-4(5)9/h3-5,7-8,21,24H,6H2,1-2H3,(H,18,23)(H,19,22);2-4,6,15-16H,5,12H2,1H3;2H,1H3,(H,6,9)(H,7,8)/t8-;;2-/m0.0/s1. The molecule has 3 amide bonds. The number of nitrogens with zero attached hydrogens (tertiary/aromatic N) is 4. The highest BCUT2D eigenvalue weighted by Crippen LogP contribution is 2.26. The first-order valence-corrected chi connectivity index (χ1v) is 17.1. The summed E-state index contributed by atoms with van der Waals surface area (Å²) in [5.74, 6) is -2.23. The van der Waals surface area contributed by atoms with Gasteiger partial charge in [-0.25, -0.2) is 20.8 Å². The molecule has 0 saturated carbocycles. The van der Waals surface area contributed by atoms with Crippen molar-refractivity contribution in [2.24, 2.45) is 0 Å². The molecule has 53 heavy (non-hydrogen) atoms. The van der Waals surface area contributed by atoms with Crippen LogP contribution in [0, 0.1) is 0 Å². The minimum absolute atomic E-state index is 0.203. The van der Waals surface area contributed by atoms with Gasteiger partial charge in [-0.05, 0) is 51.8 Å². The highest BCUT2D eigenvalue weighted by atomic mass is 32.1. The van der Waals surface area contributed by atoms with Gasteiger partial charge in [0.15, 0.2) is 11.6 Å². The first-order valence-electron chi connectivity index (χ1n) is 15.4. The predicted molar refractivity (Wildman–Crippen MR) is 202 cm³/mol. The maximum absolute atomic E-state index is 11.9. The molecule has 2 atom stereocenters. The molecule has 0 aliphatic heterocycles. The number of amides is 3. The Labute approximate surface area is 315 Å². The van der Waals surface area contributed by atoms with Gasteiger partial charge in [0.1, 0.15) is 46.9 Å². The van der Waals surface area contributed by atoms with Gasteiger partial charge in [-0.2, -0.15) is 0 Å². The van der Waals surface area contributed by atoms with Crippen molar-refractivity contribution in [1.29, 1.82) is 0 Å². The Bertz CT molecular complexity index is 1750. The van der Waals surface area contributed by atoms with Gasteiger partial charge in [0.05, 0.1) is 11.4 Å². The number of carboxylic acid groups (broad SMARTS) is 1. The lowest BCUT2D eigenvalue weighted by Crippen LogP contribution is -2.41. The number of hydrogen-bond acceptors (Lipinski definition) is 17. The second-order valence-electron chi connectivity index (χ2n) is 10.6. The number of carbonyl (C=O) groups excluding carboxylic acids is 3. The molecular weight excluding hydrogens is 728 g/mol. The Morgan fingerprint density at radius 1 is 0.811 bits per heavy atom. The average molecular weight is 764 g/mol. The number of carbonyl (C=O) groups is 4. The van der Waals surface area contributed by atoms with Gasteiger partial charge in [0.2, 0.25) is 21.6 Å². The highest BCUT2D eigenvalue weighted by Gasteiger charge is 2.16. The summed E-state index contributed by atoms with van der Waals surface area (Å²) < 4.78 is 0. The van der Waals surface area contributed by atoms with Gasteiger partial charge < -0.3 is 46.5 Å². The SMILES string of the molecule is CB(O)NOCc1ccc(-c2nc(N)cs2)cn1.[B]C(=O)N[C@@H](C)C(=O)Nc1csc(-c2ccc(CONB(C)O)nc2)n1.[B]C(=O)N[C@@H](C)C(=O)O. The van der Waals surface area contributed by atoms with E-state index in [-0.39, 0.29) is 13.2 Å². The molecule has 4 heterocycles. The molecule has 0 bridgehead atoms. The second kappa shape index (κ2) is 23.0. The summed E-state index contributed by atoms with van der Waals surface area (Å²) in [5, 5.41) is 42.9. The van der Waals surface area contributed by atoms with Crippen molar-refractivity contribution >= 4 is 87.6 Å². The molecule has 4 aromatic rings. The number of nitrogens with two attached hydrogens (primary N) is 1. The van der Waals surface area contributed by atoms with E-state index in [2.05, 4.69) is 49.2 Å². The minimum Gasteiger partial charge on any atom is -0.480 e. The third-order valence-corrected chi connectivity index (χ3v) is 7.65. The number of nitrogen functional groups attached to an aromatic ring is 1. The van der Waals surface area contributed by atoms with Gasteiger partial charge in [0.25, 0.3) is 0 Å². The van der Waals surface area contributed by atoms with Crippen LogP contribution in [0.4, 0.5) is 21.2 Å². The van der Waals surface area contributed by atoms with E-state index in [1.165, 1.54) is 36.5 Å². The molecule has 0 aliphatic rings. The van der Waals surface area contributed by atoms with Crippen LogP contribution in [-0.2, 0) is 32.5 Å². The number of aliphatic carboxylic acids is 1. The van der Waals surface area contributed by atoms with E-state index >= 15 is 0 Å². The molecule has 0 aromatic carbocycles. The smallest absolute Gasteiger partial charge is 0.398 e. The quantitative estimate of drug-likeness (QED) is 0.0598. The Hall–Kier alpha value is -4.74. The van der Waals surface area contributed by atoms with Crippen LogP contribution in [0.5, 0.6) is 0 Å². The number of thiazole rings is 2. The van der Waals surface area contributed by atoms with E-state index < -0.39 is 49.7 Å². The summed E-state index contributed by atoms with van der Waals surface area (Å²) in [6.45, 7) is 6.45. The van der Waals surface area contributed by atoms with Crippen molar-refractivity contribution in [3.8, 4) is 21.1 Å². The monoisotopic (exact) mass is 764 g/mol. The van der Waals surface area contributed by atoms with E-state index in [1.807, 2.05) is 23.5 Å². The minimum atomic E-state index is -1.10. The van der Waals surface area contributed by atoms with E-state index in [0.29, 0.717) is 22.3 Å². The van der Waals surface area contributed by atoms with Crippen LogP contribution >= 0.6 is 22.7 Å². The van der Waals surface area contributed by atoms with E-state index in [9.17, 15) is 19.2 Å². The van der Waals surface area contributed by atoms with Crippen LogP contribution in [0.3, 0.4) is 0 Å². The second-order valence-corrected chi connectivity index (χ2v) is 12.4. The number of rotatable bonds is 15. The molecule has 4 rings (SSSR count). The van der Waals surface area contributed by atoms with Gasteiger partial charge in [0, 0.05) is 34.3 Å². The van der Waals surface area contributed by atoms with Crippen molar-refractivity contribution < 1.29 is 44.0 Å². The van der Waals surface area contributed by atoms with Gasteiger partial charge >= 0.3 is 20.1 Å². The molecule has 0 saturated heterocycles. The molecule has 10 N–H and O–H groups in total. The number of carboxylic acids is 1. The van der Waals surface area contributed by atoms with E-state index in [0.717, 1.165) is 21.8 Å². The molecule has 19 nitrogen and oxygen atoms in total. The third kappa shape index (κ3) is 18.0. The number of hydrogen-bond donors (Lipinski definition) is 9. The Morgan fingerprint density at radius 2 is 1.28 bits per heavy atom. The fourth-order valence-electron chi connectivity index (χ4n) is 3.42. The zero-order valence-electron chi connectivity index (χ0n) is 29.0. The molecule has 4 radical (unpaired) electrons. The van der Waals surface area contributed by atoms with Crippen LogP contribution < -0.4 is 32.5 Å². The molecule has 25 heteroatoms. The normalized spacial score (nSPS) is 11.4. The van der Waals surface area contributed by atoms with Crippen LogP contribution in [0.15, 0.2) is 47.4 Å². The highest BCUT2D eigenvalue weighted by molar-refractivity contribution is 7.13. The molecular formula is C28H36B4N10O9S2. The van der Waals surface area contributed by atoms with Crippen LogP contribution in [0.1, 0.15) is 25.2 Å². The van der Waals surface area contributed by atoms with Gasteiger partial charge in [-0.15, -0.1) is 22.7 Å². The van der Waals surface area contributed by atoms with Crippen LogP contribution in [-0.4, -0.2) is 100 Å². The van der Waals surface area contributed by atoms with E-state index in [1.54, 1.807) is 42.9 Å². The number of anilines is 2. The maximum atomic E-state index is 11.9. The lowest BCUT2D eigenvalue weighted by Gasteiger charge is -2.11. The van der Waals surface area contributed by atoms with Crippen molar-refractivity contribution in [3.63, 3.8) is 0 Å². The zero-order chi connectivity index (χ0) is 39.5. The van der Waals surface area contributed by atoms with Crippen LogP contribution in [0.2, 0.25) is 13.6 Å². The molecule has 0 fully saturated rings. The van der Waals surface area contributed by atoms with Crippen molar-refractivity contribution in [2.45, 2.75) is 52.8 Å². The first kappa shape index (κ1) is 44.4. The summed E-state index contributed by atoms with van der Waals surface area (Å²) in [7, 11) is 8.13. The van der Waals surface area contributed by atoms with Crippen molar-refractivity contribution in [3.05, 3.63) is 58.8 Å². The summed E-state index contributed by atoms with van der Waals surface area (Å²) in [4.78, 5) is 69.7. The number of aromatic nitrogens is 4. The molecule has 276 valence electrons. The zero-order valence-corrected chi connectivity index (χ0v) is 30.6. The van der Waals surface area contributed by atoms with Gasteiger partial charge in [-0.3, -0.25) is 29.1 Å². The van der Waals surface area contributed by atoms with E-state index in [4.69, 9.17) is 38.4 Å². The Morgan fingerprint density at radius 3 is 1.66 bits per heavy atom. The first-order chi connectivity index (χ1) is 25.0. The lowest BCUT2D eigenvalue weighted by molar-refractivity contribution is -0.138. The average Bonchev–Trinajstić information content (AvgIpc) is 3.74. The predicted octanol–water partition coefficient (Wildman–Crippen LogP) is 0.798. The summed E-state index contributed by atoms with van der Waals surface area (Å²) >= 11 is 2.82. The summed E-state index contributed by atoms with van der Waals surface area (Å²) in [6.07, 6.45) is 3.36. The lowest BCUT2D eigenvalue weighted by atomic mass is 9.92. The maximum Gasteiger partial charge on any atom is 0.398 e.